The van der Waals surface area contributed by atoms with E-state index >= 15 is 0 Å². The number of esters is 2. The molecule has 4 rings (SSSR count). The predicted octanol–water partition coefficient (Wildman–Crippen LogP) is 11.0. The van der Waals surface area contributed by atoms with Crippen LogP contribution in [0.15, 0.2) is 64.1 Å². The number of carbonyl (C=O) groups excluding carboxylic acids is 2. The van der Waals surface area contributed by atoms with Crippen LogP contribution in [-0.2, 0) is 25.5 Å². The Bertz CT molecular complexity index is 1690. The number of carbonyl (C=O) groups is 2. The highest BCUT2D eigenvalue weighted by atomic mass is 32.2. The van der Waals surface area contributed by atoms with Gasteiger partial charge in [-0.25, -0.2) is 14.6 Å². The highest BCUT2D eigenvalue weighted by Gasteiger charge is 2.41. The Labute approximate surface area is 322 Å². The summed E-state index contributed by atoms with van der Waals surface area (Å²) in [6.45, 7) is 10.2. The number of aromatic amines is 1. The van der Waals surface area contributed by atoms with E-state index in [1.165, 1.54) is 88.8 Å². The molecule has 0 saturated heterocycles. The number of hydrogen-bond donors (Lipinski definition) is 2. The summed E-state index contributed by atoms with van der Waals surface area (Å²) in [6.07, 6.45) is 19.0. The molecule has 0 aliphatic carbocycles. The van der Waals surface area contributed by atoms with E-state index in [0.717, 1.165) is 52.1 Å². The first-order chi connectivity index (χ1) is 25.8. The van der Waals surface area contributed by atoms with Crippen molar-refractivity contribution in [2.75, 3.05) is 26.1 Å². The Morgan fingerprint density at radius 1 is 0.774 bits per heavy atom. The summed E-state index contributed by atoms with van der Waals surface area (Å²) in [5.74, 6) is -0.627. The van der Waals surface area contributed by atoms with Gasteiger partial charge in [-0.2, -0.15) is 0 Å². The molecular weight excluding hydrogens is 683 g/mol. The Balaban J connectivity index is 1.54. The first-order valence-electron chi connectivity index (χ1n) is 20.1. The van der Waals surface area contributed by atoms with Crippen LogP contribution >= 0.6 is 11.8 Å². The highest BCUT2D eigenvalue weighted by Crippen LogP contribution is 2.45. The Morgan fingerprint density at radius 3 is 1.98 bits per heavy atom. The Kier molecular flexibility index (Phi) is 17.8. The van der Waals surface area contributed by atoms with Crippen LogP contribution in [0.5, 0.6) is 5.75 Å². The van der Waals surface area contributed by atoms with Gasteiger partial charge in [0.2, 0.25) is 0 Å². The van der Waals surface area contributed by atoms with Crippen molar-refractivity contribution in [1.82, 2.24) is 15.3 Å². The molecule has 1 atom stereocenters. The zero-order valence-electron chi connectivity index (χ0n) is 33.2. The summed E-state index contributed by atoms with van der Waals surface area (Å²) in [7, 11) is 1.64. The minimum atomic E-state index is -0.735. The van der Waals surface area contributed by atoms with Crippen LogP contribution in [0.2, 0.25) is 0 Å². The second-order valence-electron chi connectivity index (χ2n) is 14.2. The van der Waals surface area contributed by atoms with Crippen LogP contribution in [0.25, 0.3) is 11.0 Å². The van der Waals surface area contributed by atoms with Crippen molar-refractivity contribution in [3.05, 3.63) is 75.6 Å². The summed E-state index contributed by atoms with van der Waals surface area (Å²) in [4.78, 5) is 36.0. The maximum Gasteiger partial charge on any atom is 0.336 e. The first kappa shape index (κ1) is 42.0. The molecule has 1 aliphatic rings. The number of imidazole rings is 1. The fourth-order valence-corrected chi connectivity index (χ4v) is 8.21. The molecular formula is C44H63N3O5S. The number of allylic oxidation sites excluding steroid dienone is 1. The SMILES string of the molecule is CCCCCCCCCCCCCCCCc1cccc(OC)c1C1C(C(=O)OCC)=C(C)NC(CSc2nc3ccc(C)cc3[nH]2)=C1C(=O)OCC. The number of aromatic nitrogens is 2. The lowest BCUT2D eigenvalue weighted by atomic mass is 9.77. The van der Waals surface area contributed by atoms with E-state index in [2.05, 4.69) is 36.3 Å². The van der Waals surface area contributed by atoms with Crippen LogP contribution in [0.3, 0.4) is 0 Å². The molecule has 2 N–H and O–H groups in total. The molecule has 0 radical (unpaired) electrons. The van der Waals surface area contributed by atoms with Crippen molar-refractivity contribution < 1.29 is 23.8 Å². The Morgan fingerprint density at radius 2 is 1.38 bits per heavy atom. The third kappa shape index (κ3) is 12.1. The van der Waals surface area contributed by atoms with Gasteiger partial charge in [-0.05, 0) is 69.9 Å². The number of ether oxygens (including phenoxy) is 3. The smallest absolute Gasteiger partial charge is 0.336 e. The Hall–Kier alpha value is -3.72. The third-order valence-corrected chi connectivity index (χ3v) is 11.0. The first-order valence-corrected chi connectivity index (χ1v) is 21.1. The molecule has 0 saturated carbocycles. The van der Waals surface area contributed by atoms with Crippen LogP contribution in [-0.4, -0.2) is 48.0 Å². The molecule has 0 amide bonds. The van der Waals surface area contributed by atoms with Gasteiger partial charge in [-0.15, -0.1) is 0 Å². The van der Waals surface area contributed by atoms with Crippen LogP contribution in [0.4, 0.5) is 0 Å². The van der Waals surface area contributed by atoms with Crippen molar-refractivity contribution in [1.29, 1.82) is 0 Å². The molecule has 53 heavy (non-hydrogen) atoms. The van der Waals surface area contributed by atoms with Gasteiger partial charge in [0.1, 0.15) is 5.75 Å². The zero-order valence-corrected chi connectivity index (χ0v) is 34.0. The number of nitrogens with zero attached hydrogens (tertiary/aromatic N) is 1. The van der Waals surface area contributed by atoms with Crippen molar-refractivity contribution in [2.24, 2.45) is 0 Å². The van der Waals surface area contributed by atoms with Gasteiger partial charge in [0.15, 0.2) is 5.16 Å². The molecule has 290 valence electrons. The second kappa shape index (κ2) is 22.5. The maximum absolute atomic E-state index is 14.1. The lowest BCUT2D eigenvalue weighted by Gasteiger charge is -2.33. The number of nitrogens with one attached hydrogen (secondary N) is 2. The van der Waals surface area contributed by atoms with Crippen LogP contribution in [0, 0.1) is 6.92 Å². The molecule has 0 fully saturated rings. The number of aryl methyl sites for hydroxylation is 2. The van der Waals surface area contributed by atoms with Crippen LogP contribution < -0.4 is 10.1 Å². The fraction of sp³-hybridized carbons (Fsp3) is 0.568. The second-order valence-corrected chi connectivity index (χ2v) is 15.1. The minimum Gasteiger partial charge on any atom is -0.496 e. The van der Waals surface area contributed by atoms with E-state index in [4.69, 9.17) is 19.2 Å². The summed E-state index contributed by atoms with van der Waals surface area (Å²) in [5, 5.41) is 4.16. The lowest BCUT2D eigenvalue weighted by Crippen LogP contribution is -2.34. The van der Waals surface area contributed by atoms with E-state index in [1.807, 2.05) is 31.2 Å². The van der Waals surface area contributed by atoms with Gasteiger partial charge < -0.3 is 24.5 Å². The quantitative estimate of drug-likeness (QED) is 0.0531. The molecule has 3 aromatic rings. The lowest BCUT2D eigenvalue weighted by molar-refractivity contribution is -0.139. The van der Waals surface area contributed by atoms with Crippen molar-refractivity contribution in [3.8, 4) is 5.75 Å². The molecule has 8 nitrogen and oxygen atoms in total. The summed E-state index contributed by atoms with van der Waals surface area (Å²) < 4.78 is 17.3. The third-order valence-electron chi connectivity index (χ3n) is 10.1. The minimum absolute atomic E-state index is 0.202. The molecule has 1 aromatic heterocycles. The normalized spacial score (nSPS) is 14.5. The zero-order chi connectivity index (χ0) is 38.0. The van der Waals surface area contributed by atoms with Crippen molar-refractivity contribution in [2.45, 2.75) is 142 Å². The molecule has 0 bridgehead atoms. The van der Waals surface area contributed by atoms with E-state index in [-0.39, 0.29) is 13.2 Å². The van der Waals surface area contributed by atoms with E-state index in [1.54, 1.807) is 21.0 Å². The summed E-state index contributed by atoms with van der Waals surface area (Å²) in [5.41, 5.74) is 6.99. The van der Waals surface area contributed by atoms with Gasteiger partial charge in [0, 0.05) is 22.7 Å². The van der Waals surface area contributed by atoms with Gasteiger partial charge in [0.25, 0.3) is 0 Å². The molecule has 2 aromatic carbocycles. The number of dihydropyridines is 1. The molecule has 1 unspecified atom stereocenters. The number of methoxy groups -OCH3 is 1. The molecule has 9 heteroatoms. The topological polar surface area (TPSA) is 103 Å². The standard InChI is InChI=1S/C44H63N3O5S/c1-7-10-11-12-13-14-15-16-17-18-19-20-21-22-24-33-25-23-26-37(50-6)39(33)41-38(42(48)51-8-2)32(5)45-36(40(41)43(49)52-9-3)30-53-44-46-34-28-27-31(4)29-35(34)47-44/h23,25-29,41,45H,7-22,24,30H2,1-6H3,(H,46,47). The monoisotopic (exact) mass is 745 g/mol. The fourth-order valence-electron chi connectivity index (χ4n) is 7.36. The molecule has 2 heterocycles. The van der Waals surface area contributed by atoms with Gasteiger partial charge in [0.05, 0.1) is 48.4 Å². The summed E-state index contributed by atoms with van der Waals surface area (Å²) in [6, 6.07) is 12.1. The maximum atomic E-state index is 14.1. The number of fused-ring (bicyclic) bond motifs is 1. The average molecular weight is 746 g/mol. The van der Waals surface area contributed by atoms with E-state index in [9.17, 15) is 9.59 Å². The van der Waals surface area contributed by atoms with Crippen molar-refractivity contribution in [3.63, 3.8) is 0 Å². The van der Waals surface area contributed by atoms with Crippen molar-refractivity contribution >= 4 is 34.7 Å². The number of thioether (sulfide) groups is 1. The largest absolute Gasteiger partial charge is 0.496 e. The number of benzene rings is 2. The number of unbranched alkanes of at least 4 members (excludes halogenated alkanes) is 13. The van der Waals surface area contributed by atoms with Gasteiger partial charge in [-0.3, -0.25) is 0 Å². The van der Waals surface area contributed by atoms with Crippen LogP contribution in [0.1, 0.15) is 140 Å². The van der Waals surface area contributed by atoms with Gasteiger partial charge in [-0.1, -0.05) is 120 Å². The summed E-state index contributed by atoms with van der Waals surface area (Å²) >= 11 is 1.50. The molecule has 0 spiro atoms. The molecule has 1 aliphatic heterocycles. The van der Waals surface area contributed by atoms with E-state index in [0.29, 0.717) is 34.0 Å². The van der Waals surface area contributed by atoms with Gasteiger partial charge >= 0.3 is 11.9 Å². The predicted molar refractivity (Wildman–Crippen MR) is 217 cm³/mol. The number of hydrogen-bond acceptors (Lipinski definition) is 8. The highest BCUT2D eigenvalue weighted by molar-refractivity contribution is 7.99. The number of rotatable bonds is 24. The number of H-pyrrole nitrogens is 1. The average Bonchev–Trinajstić information content (AvgIpc) is 3.55. The van der Waals surface area contributed by atoms with E-state index < -0.39 is 17.9 Å².